The fourth-order valence-corrected chi connectivity index (χ4v) is 5.74. The number of hydrogen-bond acceptors (Lipinski definition) is 16. The predicted octanol–water partition coefficient (Wildman–Crippen LogP) is -7.63. The van der Waals surface area contributed by atoms with Gasteiger partial charge >= 0.3 is 0 Å². The molecule has 0 aromatic heterocycles. The van der Waals surface area contributed by atoms with Gasteiger partial charge in [0, 0.05) is 12.1 Å². The Kier molecular flexibility index (Phi) is 10.2. The van der Waals surface area contributed by atoms with Crippen LogP contribution in [0.25, 0.3) is 0 Å². The number of guanidine groups is 1. The second-order valence-corrected chi connectivity index (χ2v) is 10.7. The van der Waals surface area contributed by atoms with Crippen LogP contribution in [0.4, 0.5) is 0 Å². The van der Waals surface area contributed by atoms with E-state index in [1.165, 1.54) is 7.05 Å². The number of fused-ring (bicyclic) bond motifs is 1. The van der Waals surface area contributed by atoms with Gasteiger partial charge in [-0.15, -0.1) is 0 Å². The Morgan fingerprint density at radius 2 is 1.50 bits per heavy atom. The quantitative estimate of drug-likeness (QED) is 0.0980. The van der Waals surface area contributed by atoms with E-state index in [-0.39, 0.29) is 18.8 Å². The van der Waals surface area contributed by atoms with E-state index < -0.39 is 111 Å². The number of likely N-dealkylation sites (N-methyl/N-ethyl adjacent to an activating group) is 1. The van der Waals surface area contributed by atoms with Crippen molar-refractivity contribution in [3.8, 4) is 0 Å². The van der Waals surface area contributed by atoms with E-state index >= 15 is 0 Å². The molecule has 18 heteroatoms. The number of rotatable bonds is 7. The summed E-state index contributed by atoms with van der Waals surface area (Å²) in [7, 11) is 1.54. The first-order chi connectivity index (χ1) is 18.9. The summed E-state index contributed by atoms with van der Waals surface area (Å²) in [4.78, 5) is 3.83. The molecule has 3 aliphatic heterocycles. The van der Waals surface area contributed by atoms with Gasteiger partial charge in [0.25, 0.3) is 0 Å². The van der Waals surface area contributed by atoms with Crippen molar-refractivity contribution in [1.29, 1.82) is 0 Å². The highest BCUT2D eigenvalue weighted by Gasteiger charge is 2.54. The van der Waals surface area contributed by atoms with Crippen LogP contribution in [0.5, 0.6) is 0 Å². The summed E-state index contributed by atoms with van der Waals surface area (Å²) in [6.07, 6.45) is -14.4. The maximum absolute atomic E-state index is 11.2. The van der Waals surface area contributed by atoms with Crippen LogP contribution in [0.15, 0.2) is 4.99 Å². The molecule has 232 valence electrons. The molecular weight excluding hydrogens is 538 g/mol. The van der Waals surface area contributed by atoms with Crippen LogP contribution in [0.1, 0.15) is 12.8 Å². The van der Waals surface area contributed by atoms with Crippen molar-refractivity contribution >= 4 is 5.96 Å². The molecular formula is C22H43N7O11. The van der Waals surface area contributed by atoms with Crippen molar-refractivity contribution in [2.45, 2.75) is 117 Å². The maximum atomic E-state index is 11.2. The molecule has 17 atom stereocenters. The molecule has 0 amide bonds. The van der Waals surface area contributed by atoms with Crippen LogP contribution in [0.2, 0.25) is 0 Å². The maximum Gasteiger partial charge on any atom is 0.189 e. The Bertz CT molecular complexity index is 871. The number of hydrogen-bond donors (Lipinski definition) is 12. The SMILES string of the molecule is CNC1C(O[C@H]2OC(CO)[C@@H](N=C(N)N)C(O)C2O)O[C@H]2CC(N)[C@@H](O[C@@H]3C(N)C[C@@H](N)C(O)C3O)OC2C1O. The number of ether oxygens (including phenoxy) is 5. The highest BCUT2D eigenvalue weighted by molar-refractivity contribution is 5.76. The Morgan fingerprint density at radius 1 is 0.800 bits per heavy atom. The number of aliphatic hydroxyl groups is 6. The highest BCUT2D eigenvalue weighted by atomic mass is 16.8. The molecule has 0 spiro atoms. The molecule has 4 rings (SSSR count). The normalized spacial score (nSPS) is 51.6. The summed E-state index contributed by atoms with van der Waals surface area (Å²) in [5, 5.41) is 65.7. The molecule has 3 heterocycles. The number of aliphatic hydroxyl groups excluding tert-OH is 6. The average molecular weight is 582 g/mol. The Labute approximate surface area is 230 Å². The summed E-state index contributed by atoms with van der Waals surface area (Å²) in [5.74, 6) is -0.367. The summed E-state index contributed by atoms with van der Waals surface area (Å²) >= 11 is 0. The first-order valence-electron chi connectivity index (χ1n) is 13.2. The van der Waals surface area contributed by atoms with Gasteiger partial charge in [-0.05, 0) is 19.9 Å². The molecule has 0 aromatic rings. The second kappa shape index (κ2) is 12.9. The van der Waals surface area contributed by atoms with E-state index in [0.29, 0.717) is 0 Å². The Balaban J connectivity index is 1.44. The van der Waals surface area contributed by atoms with Crippen LogP contribution in [0.3, 0.4) is 0 Å². The van der Waals surface area contributed by atoms with Gasteiger partial charge in [0.15, 0.2) is 24.8 Å². The lowest BCUT2D eigenvalue weighted by molar-refractivity contribution is -0.373. The zero-order valence-corrected chi connectivity index (χ0v) is 22.0. The summed E-state index contributed by atoms with van der Waals surface area (Å²) in [5.41, 5.74) is 29.0. The third-order valence-corrected chi connectivity index (χ3v) is 7.95. The topological polar surface area (TPSA) is 322 Å². The molecule has 4 aliphatic rings. The third kappa shape index (κ3) is 6.21. The molecule has 1 saturated carbocycles. The van der Waals surface area contributed by atoms with Crippen LogP contribution in [0, 0.1) is 0 Å². The number of nitrogens with one attached hydrogen (secondary N) is 1. The molecule has 18 nitrogen and oxygen atoms in total. The minimum absolute atomic E-state index is 0.130. The van der Waals surface area contributed by atoms with Gasteiger partial charge < -0.3 is 88.3 Å². The lowest BCUT2D eigenvalue weighted by atomic mass is 9.84. The molecule has 11 unspecified atom stereocenters. The van der Waals surface area contributed by atoms with Gasteiger partial charge in [-0.2, -0.15) is 0 Å². The largest absolute Gasteiger partial charge is 0.394 e. The summed E-state index contributed by atoms with van der Waals surface area (Å²) in [6.45, 7) is -0.591. The van der Waals surface area contributed by atoms with Gasteiger partial charge in [-0.25, -0.2) is 4.99 Å². The number of aliphatic imine (C=N–C) groups is 1. The van der Waals surface area contributed by atoms with E-state index in [9.17, 15) is 30.6 Å². The van der Waals surface area contributed by atoms with Gasteiger partial charge in [0.2, 0.25) is 0 Å². The van der Waals surface area contributed by atoms with E-state index in [2.05, 4.69) is 10.3 Å². The number of nitrogens with two attached hydrogens (primary N) is 5. The standard InChI is InChI=1S/C22H43N7O11/c1-28-11-14(33)18-8(3-7(25)19(39-18)38-17-6(24)2-5(23)12(31)15(17)34)36-20(11)40-21-16(35)13(32)10(29-22(26)27)9(4-30)37-21/h5-21,28,30-35H,2-4,23-25H2,1H3,(H4,26,27,29)/t5-,6?,7?,8+,9?,10-,11?,12?,13?,14?,15?,16?,17-,18?,19+,20?,21-/m1/s1. The fraction of sp³-hybridized carbons (Fsp3) is 0.955. The van der Waals surface area contributed by atoms with Crippen molar-refractivity contribution < 1.29 is 54.3 Å². The Morgan fingerprint density at radius 3 is 2.12 bits per heavy atom. The van der Waals surface area contributed by atoms with Crippen LogP contribution in [-0.2, 0) is 23.7 Å². The molecule has 0 aromatic carbocycles. The monoisotopic (exact) mass is 581 g/mol. The molecule has 0 radical (unpaired) electrons. The Hall–Kier alpha value is -1.33. The van der Waals surface area contributed by atoms with Crippen molar-refractivity contribution in [2.75, 3.05) is 13.7 Å². The van der Waals surface area contributed by atoms with Crippen LogP contribution >= 0.6 is 0 Å². The van der Waals surface area contributed by atoms with Gasteiger partial charge in [0.1, 0.15) is 48.8 Å². The van der Waals surface area contributed by atoms with E-state index in [1.54, 1.807) is 0 Å². The van der Waals surface area contributed by atoms with Gasteiger partial charge in [0.05, 0.1) is 30.9 Å². The average Bonchev–Trinajstić information content (AvgIpc) is 2.90. The zero-order valence-electron chi connectivity index (χ0n) is 22.0. The lowest BCUT2D eigenvalue weighted by Gasteiger charge is -2.51. The van der Waals surface area contributed by atoms with Crippen molar-refractivity contribution in [1.82, 2.24) is 5.32 Å². The molecule has 17 N–H and O–H groups in total. The fourth-order valence-electron chi connectivity index (χ4n) is 5.74. The predicted molar refractivity (Wildman–Crippen MR) is 135 cm³/mol. The van der Waals surface area contributed by atoms with E-state index in [1.807, 2.05) is 0 Å². The first-order valence-corrected chi connectivity index (χ1v) is 13.2. The highest BCUT2D eigenvalue weighted by Crippen LogP contribution is 2.35. The molecule has 3 saturated heterocycles. The molecule has 1 aliphatic carbocycles. The first kappa shape index (κ1) is 31.6. The smallest absolute Gasteiger partial charge is 0.189 e. The van der Waals surface area contributed by atoms with Crippen LogP contribution in [-0.4, -0.2) is 154 Å². The second-order valence-electron chi connectivity index (χ2n) is 10.7. The minimum Gasteiger partial charge on any atom is -0.394 e. The van der Waals surface area contributed by atoms with Crippen molar-refractivity contribution in [3.63, 3.8) is 0 Å². The lowest BCUT2D eigenvalue weighted by Crippen LogP contribution is -2.70. The van der Waals surface area contributed by atoms with E-state index in [4.69, 9.17) is 52.4 Å². The van der Waals surface area contributed by atoms with Gasteiger partial charge in [-0.3, -0.25) is 0 Å². The zero-order chi connectivity index (χ0) is 29.5. The van der Waals surface area contributed by atoms with Crippen LogP contribution < -0.4 is 34.0 Å². The molecule has 0 bridgehead atoms. The van der Waals surface area contributed by atoms with Crippen molar-refractivity contribution in [3.05, 3.63) is 0 Å². The molecule has 40 heavy (non-hydrogen) atoms. The van der Waals surface area contributed by atoms with Crippen molar-refractivity contribution in [2.24, 2.45) is 33.7 Å². The van der Waals surface area contributed by atoms with E-state index in [0.717, 1.165) is 0 Å². The third-order valence-electron chi connectivity index (χ3n) is 7.95. The summed E-state index contributed by atoms with van der Waals surface area (Å²) < 4.78 is 29.4. The minimum atomic E-state index is -1.64. The summed E-state index contributed by atoms with van der Waals surface area (Å²) in [6, 6.07) is -4.26. The molecule has 4 fully saturated rings. The van der Waals surface area contributed by atoms with Gasteiger partial charge in [-0.1, -0.05) is 0 Å². The number of nitrogens with zero attached hydrogens (tertiary/aromatic N) is 1.